The number of aliphatic hydroxyl groups is 1. The summed E-state index contributed by atoms with van der Waals surface area (Å²) in [5.74, 6) is -0.749. The topological polar surface area (TPSA) is 89.9 Å². The molecule has 6 nitrogen and oxygen atoms in total. The van der Waals surface area contributed by atoms with Gasteiger partial charge in [0.25, 0.3) is 5.60 Å². The Labute approximate surface area is 193 Å². The van der Waals surface area contributed by atoms with E-state index in [0.717, 1.165) is 36.4 Å². The quantitative estimate of drug-likeness (QED) is 0.357. The molecule has 2 aliphatic rings. The molecule has 0 bridgehead atoms. The van der Waals surface area contributed by atoms with Gasteiger partial charge < -0.3 is 14.6 Å². The number of hydrogen-bond donors (Lipinski definition) is 1. The normalized spacial score (nSPS) is 25.2. The van der Waals surface area contributed by atoms with E-state index in [-0.39, 0.29) is 10.5 Å². The van der Waals surface area contributed by atoms with Gasteiger partial charge in [-0.1, -0.05) is 24.3 Å². The zero-order valence-electron chi connectivity index (χ0n) is 17.2. The van der Waals surface area contributed by atoms with E-state index in [2.05, 4.69) is 0 Å². The molecule has 190 valence electrons. The van der Waals surface area contributed by atoms with E-state index in [0.29, 0.717) is 12.1 Å². The summed E-state index contributed by atoms with van der Waals surface area (Å²) in [4.78, 5) is 11.0. The Morgan fingerprint density at radius 2 is 1.29 bits per heavy atom. The molecule has 0 aromatic heterocycles. The van der Waals surface area contributed by atoms with Crippen LogP contribution in [0, 0.1) is 5.82 Å². The van der Waals surface area contributed by atoms with Crippen LogP contribution in [0.5, 0.6) is 0 Å². The average Bonchev–Trinajstić information content (AvgIpc) is 3.27. The summed E-state index contributed by atoms with van der Waals surface area (Å²) >= 11 is 0. The van der Waals surface area contributed by atoms with Crippen molar-refractivity contribution in [3.63, 3.8) is 0 Å². The fourth-order valence-electron chi connectivity index (χ4n) is 4.46. The third-order valence-electron chi connectivity index (χ3n) is 6.26. The summed E-state index contributed by atoms with van der Waals surface area (Å²) in [6.07, 6.45) is -16.3. The van der Waals surface area contributed by atoms with Crippen molar-refractivity contribution in [2.45, 2.75) is 52.6 Å². The minimum absolute atomic E-state index is 0.230. The fourth-order valence-corrected chi connectivity index (χ4v) is 6.62. The average molecular weight is 528 g/mol. The number of alkyl halides is 6. The van der Waals surface area contributed by atoms with Gasteiger partial charge in [0.05, 0.1) is 4.90 Å². The molecule has 14 heteroatoms. The molecule has 1 unspecified atom stereocenters. The molecule has 1 aliphatic heterocycles. The lowest BCUT2D eigenvalue weighted by molar-refractivity contribution is -0.376. The molecule has 0 amide bonds. The number of ether oxygens (including phenoxy) is 2. The maximum atomic E-state index is 13.7. The first-order valence-electron chi connectivity index (χ1n) is 9.87. The summed E-state index contributed by atoms with van der Waals surface area (Å²) in [6.45, 7) is 0. The van der Waals surface area contributed by atoms with Gasteiger partial charge in [-0.25, -0.2) is 17.6 Å². The molecule has 1 aliphatic carbocycles. The van der Waals surface area contributed by atoms with Crippen molar-refractivity contribution in [2.75, 3.05) is 0 Å². The Morgan fingerprint density at radius 3 is 1.71 bits per heavy atom. The minimum Gasteiger partial charge on any atom is -0.427 e. The first-order chi connectivity index (χ1) is 16.0. The van der Waals surface area contributed by atoms with Crippen LogP contribution in [0.15, 0.2) is 53.4 Å². The van der Waals surface area contributed by atoms with Gasteiger partial charge in [0.2, 0.25) is 0 Å². The number of rotatable bonds is 4. The van der Waals surface area contributed by atoms with E-state index >= 15 is 0 Å². The van der Waals surface area contributed by atoms with Gasteiger partial charge in [0, 0.05) is 18.4 Å². The lowest BCUT2D eigenvalue weighted by Crippen LogP contribution is -2.53. The highest BCUT2D eigenvalue weighted by molar-refractivity contribution is 7.92. The Balaban J connectivity index is 1.84. The number of hydrogen-bond acceptors (Lipinski definition) is 6. The molecule has 2 aromatic carbocycles. The number of carbonyl (C=O) groups is 1. The molecular weight excluding hydrogens is 513 g/mol. The molecule has 1 heterocycles. The van der Waals surface area contributed by atoms with Crippen LogP contribution in [0.2, 0.25) is 0 Å². The zero-order chi connectivity index (χ0) is 26.0. The van der Waals surface area contributed by atoms with E-state index in [4.69, 9.17) is 9.47 Å². The van der Waals surface area contributed by atoms with Crippen molar-refractivity contribution in [1.29, 1.82) is 0 Å². The van der Waals surface area contributed by atoms with Crippen LogP contribution < -0.4 is 0 Å². The van der Waals surface area contributed by atoms with Gasteiger partial charge in [-0.05, 0) is 29.8 Å². The Kier molecular flexibility index (Phi) is 5.63. The van der Waals surface area contributed by atoms with E-state index < -0.39 is 75.1 Å². The number of fused-ring (bicyclic) bond motifs is 1. The molecule has 2 aromatic rings. The second-order valence-corrected chi connectivity index (χ2v) is 10.5. The van der Waals surface area contributed by atoms with Crippen LogP contribution in [0.1, 0.15) is 24.0 Å². The van der Waals surface area contributed by atoms with E-state index in [1.54, 1.807) is 0 Å². The lowest BCUT2D eigenvalue weighted by atomic mass is 9.88. The van der Waals surface area contributed by atoms with Crippen LogP contribution in [-0.4, -0.2) is 44.2 Å². The zero-order valence-corrected chi connectivity index (χ0v) is 18.0. The first-order valence-corrected chi connectivity index (χ1v) is 11.4. The van der Waals surface area contributed by atoms with E-state index in [9.17, 15) is 49.1 Å². The smallest absolute Gasteiger partial charge is 0.427 e. The Bertz CT molecular complexity index is 1210. The molecule has 0 radical (unpaired) electrons. The summed E-state index contributed by atoms with van der Waals surface area (Å²) < 4.78 is 128. The second-order valence-electron chi connectivity index (χ2n) is 8.21. The third kappa shape index (κ3) is 3.73. The predicted octanol–water partition coefficient (Wildman–Crippen LogP) is 4.50. The predicted molar refractivity (Wildman–Crippen MR) is 102 cm³/mol. The lowest BCUT2D eigenvalue weighted by Gasteiger charge is -2.34. The first kappa shape index (κ1) is 25.2. The van der Waals surface area contributed by atoms with Crippen molar-refractivity contribution >= 4 is 16.0 Å². The number of carbonyl (C=O) groups excluding carboxylic acids is 1. The highest BCUT2D eigenvalue weighted by atomic mass is 32.2. The van der Waals surface area contributed by atoms with Gasteiger partial charge in [-0.3, -0.25) is 0 Å². The molecule has 0 spiro atoms. The fraction of sp³-hybridized carbons (Fsp3) is 0.381. The van der Waals surface area contributed by atoms with Gasteiger partial charge in [0.15, 0.2) is 9.84 Å². The maximum Gasteiger partial charge on any atom is 0.509 e. The Hall–Kier alpha value is -2.87. The van der Waals surface area contributed by atoms with Crippen molar-refractivity contribution in [1.82, 2.24) is 0 Å². The molecule has 2 fully saturated rings. The summed E-state index contributed by atoms with van der Waals surface area (Å²) in [7, 11) is -4.48. The van der Waals surface area contributed by atoms with Crippen molar-refractivity contribution in [3.05, 3.63) is 65.5 Å². The molecule has 35 heavy (non-hydrogen) atoms. The highest BCUT2D eigenvalue weighted by Gasteiger charge is 2.71. The third-order valence-corrected chi connectivity index (χ3v) is 8.75. The number of benzene rings is 2. The maximum absolute atomic E-state index is 13.7. The highest BCUT2D eigenvalue weighted by Crippen LogP contribution is 2.53. The second kappa shape index (κ2) is 7.82. The summed E-state index contributed by atoms with van der Waals surface area (Å²) in [5.41, 5.74) is -7.01. The van der Waals surface area contributed by atoms with Gasteiger partial charge >= 0.3 is 18.5 Å². The minimum atomic E-state index is -6.13. The van der Waals surface area contributed by atoms with Gasteiger partial charge in [-0.2, -0.15) is 26.3 Å². The van der Waals surface area contributed by atoms with Crippen LogP contribution in [-0.2, 0) is 29.7 Å². The largest absolute Gasteiger partial charge is 0.509 e. The molecule has 4 rings (SSSR count). The van der Waals surface area contributed by atoms with E-state index in [1.807, 2.05) is 0 Å². The summed E-state index contributed by atoms with van der Waals surface area (Å²) in [5, 5.41) is 9.62. The van der Waals surface area contributed by atoms with Crippen molar-refractivity contribution in [2.24, 2.45) is 0 Å². The van der Waals surface area contributed by atoms with Gasteiger partial charge in [0.1, 0.15) is 22.8 Å². The van der Waals surface area contributed by atoms with Crippen LogP contribution in [0.3, 0.4) is 0 Å². The van der Waals surface area contributed by atoms with Crippen molar-refractivity contribution in [3.8, 4) is 0 Å². The summed E-state index contributed by atoms with van der Waals surface area (Å²) in [6, 6.07) is 5.75. The monoisotopic (exact) mass is 528 g/mol. The van der Waals surface area contributed by atoms with E-state index in [1.165, 1.54) is 0 Å². The molecular formula is C21H15F7O6S. The standard InChI is InChI=1S/C21H15F7O6S/c22-13-5-7-14(8-6-13)35(31,32)18(9-15-16(10-18)34-17(29)33-15)11-1-3-12(4-2-11)19(30,20(23,24)25)21(26,27)28/h1-8,15-16,30H,9-10H2/t15-,16+,18?. The Morgan fingerprint density at radius 1 is 0.829 bits per heavy atom. The van der Waals surface area contributed by atoms with Crippen LogP contribution in [0.25, 0.3) is 0 Å². The molecule has 1 saturated heterocycles. The molecule has 1 N–H and O–H groups in total. The number of halogens is 7. The van der Waals surface area contributed by atoms with Crippen molar-refractivity contribution < 1.29 is 58.5 Å². The van der Waals surface area contributed by atoms with Crippen LogP contribution in [0.4, 0.5) is 35.5 Å². The number of sulfone groups is 1. The van der Waals surface area contributed by atoms with Crippen LogP contribution >= 0.6 is 0 Å². The SMILES string of the molecule is O=C1O[C@H]2CC(c3ccc(C(O)(C(F)(F)F)C(F)(F)F)cc3)(S(=O)(=O)c3ccc(F)cc3)C[C@H]2O1. The molecule has 1 saturated carbocycles. The molecule has 3 atom stereocenters. The van der Waals surface area contributed by atoms with Gasteiger partial charge in [-0.15, -0.1) is 0 Å².